The number of hydrogen-bond donors (Lipinski definition) is 1. The minimum absolute atomic E-state index is 0.0967. The van der Waals surface area contributed by atoms with E-state index in [-0.39, 0.29) is 11.8 Å². The first-order chi connectivity index (χ1) is 11.1. The molecule has 2 aromatic heterocycles. The highest BCUT2D eigenvalue weighted by molar-refractivity contribution is 6.04. The zero-order chi connectivity index (χ0) is 16.8. The van der Waals surface area contributed by atoms with Crippen LogP contribution < -0.4 is 0 Å². The third kappa shape index (κ3) is 4.05. The van der Waals surface area contributed by atoms with Gasteiger partial charge in [0.25, 0.3) is 5.91 Å². The lowest BCUT2D eigenvalue weighted by atomic mass is 10.1. The summed E-state index contributed by atoms with van der Waals surface area (Å²) >= 11 is 0. The maximum absolute atomic E-state index is 12.8. The Morgan fingerprint density at radius 3 is 2.48 bits per heavy atom. The van der Waals surface area contributed by atoms with Gasteiger partial charge in [0.2, 0.25) is 0 Å². The Labute approximate surface area is 136 Å². The van der Waals surface area contributed by atoms with E-state index in [0.717, 1.165) is 5.69 Å². The van der Waals surface area contributed by atoms with Crippen LogP contribution >= 0.6 is 0 Å². The molecule has 2 rings (SSSR count). The summed E-state index contributed by atoms with van der Waals surface area (Å²) in [5, 5.41) is 0. The topological polar surface area (TPSA) is 80.3 Å². The third-order valence-corrected chi connectivity index (χ3v) is 3.64. The molecule has 0 bridgehead atoms. The molecule has 2 aromatic rings. The molecule has 0 aromatic carbocycles. The smallest absolute Gasteiger partial charge is 0.257 e. The van der Waals surface area contributed by atoms with Crippen molar-refractivity contribution in [3.05, 3.63) is 23.7 Å². The molecule has 0 unspecified atom stereocenters. The van der Waals surface area contributed by atoms with Crippen LogP contribution in [0, 0.1) is 0 Å². The summed E-state index contributed by atoms with van der Waals surface area (Å²) in [7, 11) is 3.23. The highest BCUT2D eigenvalue weighted by Gasteiger charge is 2.21. The van der Waals surface area contributed by atoms with Crippen LogP contribution in [0.4, 0.5) is 0 Å². The van der Waals surface area contributed by atoms with Gasteiger partial charge in [0.1, 0.15) is 5.52 Å². The van der Waals surface area contributed by atoms with E-state index in [2.05, 4.69) is 15.0 Å². The number of aromatic amines is 1. The van der Waals surface area contributed by atoms with E-state index < -0.39 is 0 Å². The van der Waals surface area contributed by atoms with Crippen LogP contribution in [0.1, 0.15) is 35.8 Å². The quantitative estimate of drug-likeness (QED) is 0.802. The summed E-state index contributed by atoms with van der Waals surface area (Å²) in [4.78, 5) is 26.5. The van der Waals surface area contributed by atoms with Crippen molar-refractivity contribution in [3.63, 3.8) is 0 Å². The number of hydrogen-bond acceptors (Lipinski definition) is 5. The lowest BCUT2D eigenvalue weighted by Crippen LogP contribution is -2.36. The molecule has 0 fully saturated rings. The number of ether oxygens (including phenoxy) is 2. The van der Waals surface area contributed by atoms with Gasteiger partial charge in [-0.25, -0.2) is 9.97 Å². The Bertz CT molecular complexity index is 646. The first-order valence-corrected chi connectivity index (χ1v) is 7.69. The number of rotatable bonds is 8. The first kappa shape index (κ1) is 17.4. The number of aromatic nitrogens is 3. The van der Waals surface area contributed by atoms with Crippen molar-refractivity contribution in [2.45, 2.75) is 19.8 Å². The summed E-state index contributed by atoms with van der Waals surface area (Å²) in [5.41, 5.74) is 2.63. The largest absolute Gasteiger partial charge is 0.383 e. The summed E-state index contributed by atoms with van der Waals surface area (Å²) in [6, 6.07) is 0. The Kier molecular flexibility index (Phi) is 6.06. The Morgan fingerprint density at radius 1 is 1.26 bits per heavy atom. The molecule has 0 atom stereocenters. The van der Waals surface area contributed by atoms with Gasteiger partial charge in [-0.05, 0) is 5.92 Å². The number of carbonyl (C=O) groups excluding carboxylic acids is 1. The van der Waals surface area contributed by atoms with Crippen LogP contribution in [0.5, 0.6) is 0 Å². The fourth-order valence-corrected chi connectivity index (χ4v) is 2.23. The number of nitrogens with one attached hydrogen (secondary N) is 1. The summed E-state index contributed by atoms with van der Waals surface area (Å²) in [6.07, 6.45) is 3.41. The molecule has 2 heterocycles. The van der Waals surface area contributed by atoms with Crippen LogP contribution in [0.2, 0.25) is 0 Å². The molecule has 0 radical (unpaired) electrons. The van der Waals surface area contributed by atoms with E-state index in [1.54, 1.807) is 31.5 Å². The molecule has 126 valence electrons. The Hall–Kier alpha value is -1.99. The standard InChI is InChI=1S/C16H24N4O3/c1-11(2)13-10-18-15-14(19-13)12(9-17-15)16(21)20(5-7-22-3)6-8-23-4/h9-11H,5-8H2,1-4H3,(H,17,18). The number of H-pyrrole nitrogens is 1. The van der Waals surface area contributed by atoms with Gasteiger partial charge >= 0.3 is 0 Å². The van der Waals surface area contributed by atoms with Gasteiger partial charge in [0, 0.05) is 33.5 Å². The van der Waals surface area contributed by atoms with Crippen LogP contribution in [-0.2, 0) is 9.47 Å². The zero-order valence-corrected chi connectivity index (χ0v) is 14.1. The fourth-order valence-electron chi connectivity index (χ4n) is 2.23. The number of fused-ring (bicyclic) bond motifs is 1. The molecule has 1 N–H and O–H groups in total. The monoisotopic (exact) mass is 320 g/mol. The van der Waals surface area contributed by atoms with Crippen molar-refractivity contribution < 1.29 is 14.3 Å². The third-order valence-electron chi connectivity index (χ3n) is 3.64. The average molecular weight is 320 g/mol. The van der Waals surface area contributed by atoms with E-state index >= 15 is 0 Å². The SMILES string of the molecule is COCCN(CCOC)C(=O)c1c[nH]c2ncc(C(C)C)nc12. The van der Waals surface area contributed by atoms with E-state index in [1.165, 1.54) is 0 Å². The van der Waals surface area contributed by atoms with Crippen molar-refractivity contribution >= 4 is 17.1 Å². The van der Waals surface area contributed by atoms with Gasteiger partial charge in [0.15, 0.2) is 5.65 Å². The summed E-state index contributed by atoms with van der Waals surface area (Å²) in [5.74, 6) is 0.156. The number of methoxy groups -OCH3 is 2. The average Bonchev–Trinajstić information content (AvgIpc) is 2.97. The van der Waals surface area contributed by atoms with Gasteiger partial charge in [-0.1, -0.05) is 13.8 Å². The van der Waals surface area contributed by atoms with Crippen molar-refractivity contribution in [2.75, 3.05) is 40.5 Å². The van der Waals surface area contributed by atoms with Crippen molar-refractivity contribution in [1.29, 1.82) is 0 Å². The minimum Gasteiger partial charge on any atom is -0.383 e. The van der Waals surface area contributed by atoms with Crippen LogP contribution in [-0.4, -0.2) is 66.3 Å². The molecule has 0 aliphatic heterocycles. The molecule has 0 aliphatic carbocycles. The van der Waals surface area contributed by atoms with Crippen LogP contribution in [0.15, 0.2) is 12.4 Å². The van der Waals surface area contributed by atoms with E-state index in [9.17, 15) is 4.79 Å². The number of nitrogens with zero attached hydrogens (tertiary/aromatic N) is 3. The normalized spacial score (nSPS) is 11.3. The van der Waals surface area contributed by atoms with Crippen LogP contribution in [0.3, 0.4) is 0 Å². The van der Waals surface area contributed by atoms with Crippen molar-refractivity contribution in [1.82, 2.24) is 19.9 Å². The van der Waals surface area contributed by atoms with Gasteiger partial charge < -0.3 is 19.4 Å². The molecule has 0 aliphatic rings. The number of carbonyl (C=O) groups is 1. The Morgan fingerprint density at radius 2 is 1.91 bits per heavy atom. The molecular weight excluding hydrogens is 296 g/mol. The first-order valence-electron chi connectivity index (χ1n) is 7.69. The molecule has 0 spiro atoms. The molecule has 7 nitrogen and oxygen atoms in total. The summed E-state index contributed by atoms with van der Waals surface area (Å²) in [6.45, 7) is 6.05. The van der Waals surface area contributed by atoms with Crippen molar-refractivity contribution in [2.24, 2.45) is 0 Å². The van der Waals surface area contributed by atoms with E-state index in [1.807, 2.05) is 13.8 Å². The lowest BCUT2D eigenvalue weighted by molar-refractivity contribution is 0.0629. The fraction of sp³-hybridized carbons (Fsp3) is 0.562. The van der Waals surface area contributed by atoms with Gasteiger partial charge in [-0.2, -0.15) is 0 Å². The summed E-state index contributed by atoms with van der Waals surface area (Å²) < 4.78 is 10.2. The predicted molar refractivity (Wildman–Crippen MR) is 87.6 cm³/mol. The van der Waals surface area contributed by atoms with Gasteiger partial charge in [-0.3, -0.25) is 4.79 Å². The van der Waals surface area contributed by atoms with Crippen LogP contribution in [0.25, 0.3) is 11.2 Å². The second-order valence-corrected chi connectivity index (χ2v) is 5.63. The second kappa shape index (κ2) is 8.03. The predicted octanol–water partition coefficient (Wildman–Crippen LogP) is 1.82. The molecule has 0 saturated heterocycles. The number of amides is 1. The highest BCUT2D eigenvalue weighted by Crippen LogP contribution is 2.19. The second-order valence-electron chi connectivity index (χ2n) is 5.63. The molecule has 23 heavy (non-hydrogen) atoms. The minimum atomic E-state index is -0.0967. The molecular formula is C16H24N4O3. The molecule has 0 saturated carbocycles. The maximum atomic E-state index is 12.8. The maximum Gasteiger partial charge on any atom is 0.257 e. The Balaban J connectivity index is 2.31. The van der Waals surface area contributed by atoms with Crippen molar-refractivity contribution in [3.8, 4) is 0 Å². The van der Waals surface area contributed by atoms with Gasteiger partial charge in [-0.15, -0.1) is 0 Å². The van der Waals surface area contributed by atoms with E-state index in [4.69, 9.17) is 9.47 Å². The molecule has 7 heteroatoms. The highest BCUT2D eigenvalue weighted by atomic mass is 16.5. The lowest BCUT2D eigenvalue weighted by Gasteiger charge is -2.21. The van der Waals surface area contributed by atoms with Gasteiger partial charge in [0.05, 0.1) is 30.7 Å². The molecule has 1 amide bonds. The zero-order valence-electron chi connectivity index (χ0n) is 14.1. The van der Waals surface area contributed by atoms with E-state index in [0.29, 0.717) is 43.0 Å².